The maximum absolute atomic E-state index is 12.3. The Kier molecular flexibility index (Phi) is 10.8. The van der Waals surface area contributed by atoms with Crippen molar-refractivity contribution in [2.45, 2.75) is 45.2 Å². The summed E-state index contributed by atoms with van der Waals surface area (Å²) in [5, 5.41) is 2.44. The van der Waals surface area contributed by atoms with Gasteiger partial charge in [0, 0.05) is 6.54 Å². The van der Waals surface area contributed by atoms with Crippen LogP contribution in [0, 0.1) is 5.92 Å². The minimum Gasteiger partial charge on any atom is -0.412 e. The lowest BCUT2D eigenvalue weighted by Gasteiger charge is -2.27. The van der Waals surface area contributed by atoms with Crippen molar-refractivity contribution < 1.29 is 19.9 Å². The molecular weight excluding hydrogens is 312 g/mol. The van der Waals surface area contributed by atoms with E-state index in [0.29, 0.717) is 25.3 Å². The van der Waals surface area contributed by atoms with Crippen LogP contribution in [-0.2, 0) is 14.4 Å². The quantitative estimate of drug-likeness (QED) is 0.542. The fraction of sp³-hybridized carbons (Fsp3) is 0.769. The molecule has 3 amide bonds. The minimum atomic E-state index is -0.606. The normalized spacial score (nSPS) is 18.2. The van der Waals surface area contributed by atoms with Crippen LogP contribution in [0.2, 0.25) is 0 Å². The van der Waals surface area contributed by atoms with Crippen LogP contribution in [0.4, 0.5) is 0 Å². The molecule has 0 aromatic rings. The number of rotatable bonds is 6. The fourth-order valence-electron chi connectivity index (χ4n) is 2.42. The fourth-order valence-corrected chi connectivity index (χ4v) is 2.42. The summed E-state index contributed by atoms with van der Waals surface area (Å²) in [5.41, 5.74) is 10.9. The van der Waals surface area contributed by atoms with Crippen molar-refractivity contribution >= 4 is 30.1 Å². The van der Waals surface area contributed by atoms with E-state index in [1.807, 2.05) is 13.8 Å². The van der Waals surface area contributed by atoms with E-state index < -0.39 is 18.0 Å². The molecule has 0 aliphatic carbocycles. The molecule has 1 rings (SSSR count). The number of nitrogens with one attached hydrogen (secondary N) is 1. The molecule has 0 bridgehead atoms. The molecule has 0 saturated carbocycles. The van der Waals surface area contributed by atoms with Gasteiger partial charge in [-0.3, -0.25) is 14.4 Å². The number of primary amides is 1. The highest BCUT2D eigenvalue weighted by Gasteiger charge is 2.36. The summed E-state index contributed by atoms with van der Waals surface area (Å²) in [6, 6.07) is -1.13. The largest absolute Gasteiger partial charge is 0.412 e. The summed E-state index contributed by atoms with van der Waals surface area (Å²) in [6.45, 7) is 4.30. The van der Waals surface area contributed by atoms with Gasteiger partial charge in [0.25, 0.3) is 0 Å². The Bertz CT molecular complexity index is 392. The van der Waals surface area contributed by atoms with E-state index in [2.05, 4.69) is 5.32 Å². The first-order valence-electron chi connectivity index (χ1n) is 6.95. The van der Waals surface area contributed by atoms with E-state index in [4.69, 9.17) is 11.5 Å². The number of halogens is 1. The van der Waals surface area contributed by atoms with Gasteiger partial charge in [-0.25, -0.2) is 0 Å². The number of hydrogen-bond acceptors (Lipinski definition) is 4. The van der Waals surface area contributed by atoms with E-state index in [1.54, 1.807) is 0 Å². The molecule has 0 unspecified atom stereocenters. The van der Waals surface area contributed by atoms with Gasteiger partial charge in [-0.2, -0.15) is 0 Å². The second-order valence-corrected chi connectivity index (χ2v) is 5.61. The topological polar surface area (TPSA) is 150 Å². The van der Waals surface area contributed by atoms with Crippen LogP contribution in [0.1, 0.15) is 33.1 Å². The number of likely N-dealkylation sites (tertiary alicyclic amines) is 1. The molecular formula is C13H27ClN4O4. The Morgan fingerprint density at radius 2 is 1.91 bits per heavy atom. The van der Waals surface area contributed by atoms with Crippen LogP contribution in [0.5, 0.6) is 0 Å². The standard InChI is InChI=1S/C13H24N4O3.ClH.H2O/c1-8(2)6-9(14)13(20)17-5-3-4-10(17)12(19)16-7-11(15)18;;/h8-10H,3-7,14H2,1-2H3,(H2,15,18)(H,16,19);1H;1H2/t9-,10-;;/m0../s1. The Hall–Kier alpha value is -1.38. The first-order valence-corrected chi connectivity index (χ1v) is 6.95. The van der Waals surface area contributed by atoms with Crippen molar-refractivity contribution in [3.05, 3.63) is 0 Å². The molecule has 1 saturated heterocycles. The highest BCUT2D eigenvalue weighted by atomic mass is 35.5. The maximum Gasteiger partial charge on any atom is 0.243 e. The van der Waals surface area contributed by atoms with Gasteiger partial charge in [0.15, 0.2) is 0 Å². The zero-order valence-corrected chi connectivity index (χ0v) is 13.8. The summed E-state index contributed by atoms with van der Waals surface area (Å²) in [4.78, 5) is 36.4. The van der Waals surface area contributed by atoms with Crippen molar-refractivity contribution in [3.63, 3.8) is 0 Å². The van der Waals surface area contributed by atoms with Crippen LogP contribution in [0.15, 0.2) is 0 Å². The molecule has 0 aromatic carbocycles. The highest BCUT2D eigenvalue weighted by molar-refractivity contribution is 5.92. The van der Waals surface area contributed by atoms with Gasteiger partial charge in [0.2, 0.25) is 17.7 Å². The summed E-state index contributed by atoms with van der Waals surface area (Å²) in [7, 11) is 0. The van der Waals surface area contributed by atoms with Crippen molar-refractivity contribution in [3.8, 4) is 0 Å². The molecule has 2 atom stereocenters. The Balaban J connectivity index is 0. The average molecular weight is 339 g/mol. The predicted molar refractivity (Wildman–Crippen MR) is 85.2 cm³/mol. The second-order valence-electron chi connectivity index (χ2n) is 5.61. The van der Waals surface area contributed by atoms with E-state index in [0.717, 1.165) is 6.42 Å². The van der Waals surface area contributed by atoms with E-state index in [-0.39, 0.29) is 36.2 Å². The Morgan fingerprint density at radius 1 is 1.32 bits per heavy atom. The van der Waals surface area contributed by atoms with E-state index in [1.165, 1.54) is 4.90 Å². The molecule has 7 N–H and O–H groups in total. The molecule has 1 heterocycles. The van der Waals surface area contributed by atoms with Gasteiger partial charge in [0.1, 0.15) is 6.04 Å². The Labute approximate surface area is 136 Å². The number of carbonyl (C=O) groups excluding carboxylic acids is 3. The predicted octanol–water partition coefficient (Wildman–Crippen LogP) is -1.45. The van der Waals surface area contributed by atoms with Gasteiger partial charge in [-0.05, 0) is 25.2 Å². The molecule has 130 valence electrons. The third-order valence-corrected chi connectivity index (χ3v) is 3.32. The smallest absolute Gasteiger partial charge is 0.243 e. The lowest BCUT2D eigenvalue weighted by atomic mass is 10.0. The van der Waals surface area contributed by atoms with Crippen LogP contribution in [-0.4, -0.2) is 53.3 Å². The van der Waals surface area contributed by atoms with Crippen LogP contribution < -0.4 is 16.8 Å². The number of hydrogen-bond donors (Lipinski definition) is 3. The number of amides is 3. The summed E-state index contributed by atoms with van der Waals surface area (Å²) in [5.74, 6) is -0.828. The molecule has 22 heavy (non-hydrogen) atoms. The van der Waals surface area contributed by atoms with Gasteiger partial charge >= 0.3 is 0 Å². The van der Waals surface area contributed by atoms with Gasteiger partial charge in [0.05, 0.1) is 12.6 Å². The van der Waals surface area contributed by atoms with Crippen LogP contribution in [0.3, 0.4) is 0 Å². The third-order valence-electron chi connectivity index (χ3n) is 3.32. The van der Waals surface area contributed by atoms with Crippen molar-refractivity contribution in [2.75, 3.05) is 13.1 Å². The summed E-state index contributed by atoms with van der Waals surface area (Å²) >= 11 is 0. The molecule has 1 aliphatic heterocycles. The van der Waals surface area contributed by atoms with Crippen LogP contribution >= 0.6 is 12.4 Å². The van der Waals surface area contributed by atoms with Crippen LogP contribution in [0.25, 0.3) is 0 Å². The first-order chi connectivity index (χ1) is 9.32. The first kappa shape index (κ1) is 22.9. The molecule has 8 nitrogen and oxygen atoms in total. The lowest BCUT2D eigenvalue weighted by molar-refractivity contribution is -0.139. The molecule has 0 aromatic heterocycles. The lowest BCUT2D eigenvalue weighted by Crippen LogP contribution is -2.52. The zero-order valence-electron chi connectivity index (χ0n) is 13.0. The van der Waals surface area contributed by atoms with Crippen molar-refractivity contribution in [2.24, 2.45) is 17.4 Å². The van der Waals surface area contributed by atoms with Crippen molar-refractivity contribution in [1.29, 1.82) is 0 Å². The number of nitrogens with two attached hydrogens (primary N) is 2. The minimum absolute atomic E-state index is 0. The molecule has 9 heteroatoms. The second kappa shape index (κ2) is 10.4. The number of carbonyl (C=O) groups is 3. The Morgan fingerprint density at radius 3 is 2.41 bits per heavy atom. The van der Waals surface area contributed by atoms with E-state index in [9.17, 15) is 14.4 Å². The highest BCUT2D eigenvalue weighted by Crippen LogP contribution is 2.19. The SMILES string of the molecule is CC(C)C[C@H](N)C(=O)N1CCC[C@H]1C(=O)NCC(N)=O.Cl.O. The zero-order chi connectivity index (χ0) is 15.3. The summed E-state index contributed by atoms with van der Waals surface area (Å²) < 4.78 is 0. The summed E-state index contributed by atoms with van der Waals surface area (Å²) in [6.07, 6.45) is 1.94. The monoisotopic (exact) mass is 338 g/mol. The molecule has 0 spiro atoms. The molecule has 0 radical (unpaired) electrons. The van der Waals surface area contributed by atoms with Gasteiger partial charge in [-0.1, -0.05) is 13.8 Å². The molecule has 1 fully saturated rings. The van der Waals surface area contributed by atoms with E-state index >= 15 is 0 Å². The molecule has 1 aliphatic rings. The average Bonchev–Trinajstić information content (AvgIpc) is 2.83. The van der Waals surface area contributed by atoms with Gasteiger partial charge < -0.3 is 27.2 Å². The number of nitrogens with zero attached hydrogens (tertiary/aromatic N) is 1. The van der Waals surface area contributed by atoms with Gasteiger partial charge in [-0.15, -0.1) is 12.4 Å². The third kappa shape index (κ3) is 6.59. The van der Waals surface area contributed by atoms with Crippen molar-refractivity contribution in [1.82, 2.24) is 10.2 Å². The maximum atomic E-state index is 12.3.